The molecule has 6 heteroatoms. The van der Waals surface area contributed by atoms with E-state index in [9.17, 15) is 0 Å². The molecule has 158 valence electrons. The van der Waals surface area contributed by atoms with Crippen LogP contribution in [0.3, 0.4) is 0 Å². The van der Waals surface area contributed by atoms with Gasteiger partial charge in [-0.25, -0.2) is 9.36 Å². The van der Waals surface area contributed by atoms with Crippen molar-refractivity contribution in [3.05, 3.63) is 107 Å². The molecule has 0 aliphatic rings. The lowest BCUT2D eigenvalue weighted by molar-refractivity contribution is 0.650. The van der Waals surface area contributed by atoms with E-state index >= 15 is 0 Å². The zero-order valence-electron chi connectivity index (χ0n) is 18.2. The lowest BCUT2D eigenvalue weighted by Crippen LogP contribution is -1.99. The molecule has 0 bridgehead atoms. The molecule has 32 heavy (non-hydrogen) atoms. The lowest BCUT2D eigenvalue weighted by Gasteiger charge is -2.09. The van der Waals surface area contributed by atoms with Crippen LogP contribution in [0.15, 0.2) is 85.2 Å². The van der Waals surface area contributed by atoms with Crippen LogP contribution in [0.2, 0.25) is 0 Å². The van der Waals surface area contributed by atoms with Crippen LogP contribution in [0, 0.1) is 13.8 Å². The Balaban J connectivity index is 1.48. The van der Waals surface area contributed by atoms with Gasteiger partial charge in [0.25, 0.3) is 0 Å². The first kappa shape index (κ1) is 19.9. The van der Waals surface area contributed by atoms with E-state index in [1.165, 1.54) is 22.3 Å². The molecule has 0 unspecified atom stereocenters. The summed E-state index contributed by atoms with van der Waals surface area (Å²) in [7, 11) is 0. The molecular formula is C26H24N6. The molecule has 0 amide bonds. The molecular weight excluding hydrogens is 396 g/mol. The van der Waals surface area contributed by atoms with Crippen molar-refractivity contribution in [2.45, 2.75) is 26.9 Å². The van der Waals surface area contributed by atoms with Crippen LogP contribution in [0.4, 0.5) is 0 Å². The first-order chi connectivity index (χ1) is 15.7. The highest BCUT2D eigenvalue weighted by Crippen LogP contribution is 2.32. The summed E-state index contributed by atoms with van der Waals surface area (Å²) in [6.45, 7) is 5.59. The van der Waals surface area contributed by atoms with Crippen molar-refractivity contribution < 1.29 is 0 Å². The second-order valence-corrected chi connectivity index (χ2v) is 8.06. The van der Waals surface area contributed by atoms with Gasteiger partial charge >= 0.3 is 0 Å². The maximum atomic E-state index is 4.47. The second-order valence-electron chi connectivity index (χ2n) is 8.06. The van der Waals surface area contributed by atoms with Crippen molar-refractivity contribution in [2.75, 3.05) is 0 Å². The maximum Gasteiger partial charge on any atom is 0.113 e. The van der Waals surface area contributed by atoms with Gasteiger partial charge in [-0.3, -0.25) is 0 Å². The Labute approximate surface area is 187 Å². The Kier molecular flexibility index (Phi) is 5.34. The topological polar surface area (TPSA) is 61.4 Å². The third-order valence-electron chi connectivity index (χ3n) is 5.64. The number of rotatable bonds is 6. The number of hydrogen-bond donors (Lipinski definition) is 0. The summed E-state index contributed by atoms with van der Waals surface area (Å²) in [6.07, 6.45) is 3.99. The summed E-state index contributed by atoms with van der Waals surface area (Å²) < 4.78 is 3.74. The van der Waals surface area contributed by atoms with E-state index in [1.807, 2.05) is 58.2 Å². The van der Waals surface area contributed by atoms with Crippen molar-refractivity contribution in [3.8, 4) is 22.5 Å². The maximum absolute atomic E-state index is 4.47. The molecule has 5 rings (SSSR count). The van der Waals surface area contributed by atoms with E-state index in [-0.39, 0.29) is 0 Å². The largest absolute Gasteiger partial charge is 0.247 e. The SMILES string of the molecule is Cc1cc(-c2cn(Cc3ccccc3)nn2)c(-c2cn(Cc3ccccc3)nn2)cc1C. The fourth-order valence-corrected chi connectivity index (χ4v) is 3.78. The molecule has 2 aromatic heterocycles. The van der Waals surface area contributed by atoms with Crippen LogP contribution in [0.25, 0.3) is 22.5 Å². The molecule has 0 atom stereocenters. The van der Waals surface area contributed by atoms with Gasteiger partial charge in [0.1, 0.15) is 11.4 Å². The Morgan fingerprint density at radius 3 is 1.41 bits per heavy atom. The van der Waals surface area contributed by atoms with Crippen LogP contribution >= 0.6 is 0 Å². The standard InChI is InChI=1S/C26H24N6/c1-19-13-23(25-17-31(29-27-25)15-21-9-5-3-6-10-21)24(14-20(19)2)26-18-32(30-28-26)16-22-11-7-4-8-12-22/h3-14,17-18H,15-16H2,1-2H3. The quantitative estimate of drug-likeness (QED) is 0.391. The summed E-state index contributed by atoms with van der Waals surface area (Å²) in [6, 6.07) is 24.9. The van der Waals surface area contributed by atoms with Crippen LogP contribution in [0.1, 0.15) is 22.3 Å². The predicted octanol–water partition coefficient (Wildman–Crippen LogP) is 4.92. The fourth-order valence-electron chi connectivity index (χ4n) is 3.78. The smallest absolute Gasteiger partial charge is 0.113 e. The van der Waals surface area contributed by atoms with E-state index in [4.69, 9.17) is 0 Å². The highest BCUT2D eigenvalue weighted by molar-refractivity contribution is 5.80. The molecule has 0 spiro atoms. The minimum atomic E-state index is 0.682. The lowest BCUT2D eigenvalue weighted by atomic mass is 9.96. The first-order valence-corrected chi connectivity index (χ1v) is 10.7. The predicted molar refractivity (Wildman–Crippen MR) is 125 cm³/mol. The van der Waals surface area contributed by atoms with Gasteiger partial charge in [0, 0.05) is 11.1 Å². The van der Waals surface area contributed by atoms with Crippen molar-refractivity contribution in [1.82, 2.24) is 30.0 Å². The molecule has 6 nitrogen and oxygen atoms in total. The van der Waals surface area contributed by atoms with Crippen molar-refractivity contribution in [2.24, 2.45) is 0 Å². The van der Waals surface area contributed by atoms with Crippen molar-refractivity contribution >= 4 is 0 Å². The van der Waals surface area contributed by atoms with Gasteiger partial charge in [0.15, 0.2) is 0 Å². The number of hydrogen-bond acceptors (Lipinski definition) is 4. The van der Waals surface area contributed by atoms with Gasteiger partial charge in [-0.1, -0.05) is 71.1 Å². The van der Waals surface area contributed by atoms with Crippen LogP contribution < -0.4 is 0 Å². The van der Waals surface area contributed by atoms with Gasteiger partial charge in [0.05, 0.1) is 25.5 Å². The molecule has 0 fully saturated rings. The molecule has 0 radical (unpaired) electrons. The van der Waals surface area contributed by atoms with E-state index < -0.39 is 0 Å². The van der Waals surface area contributed by atoms with Crippen LogP contribution in [0.5, 0.6) is 0 Å². The van der Waals surface area contributed by atoms with Gasteiger partial charge in [-0.15, -0.1) is 10.2 Å². The van der Waals surface area contributed by atoms with Crippen molar-refractivity contribution in [1.29, 1.82) is 0 Å². The minimum absolute atomic E-state index is 0.682. The van der Waals surface area contributed by atoms with Gasteiger partial charge in [-0.05, 0) is 48.2 Å². The normalized spacial score (nSPS) is 11.1. The Hall–Kier alpha value is -4.06. The molecule has 0 saturated carbocycles. The van der Waals surface area contributed by atoms with E-state index in [1.54, 1.807) is 0 Å². The van der Waals surface area contributed by atoms with E-state index in [0.29, 0.717) is 13.1 Å². The molecule has 0 N–H and O–H groups in total. The molecule has 2 heterocycles. The van der Waals surface area contributed by atoms with Gasteiger partial charge in [0.2, 0.25) is 0 Å². The monoisotopic (exact) mass is 420 g/mol. The highest BCUT2D eigenvalue weighted by atomic mass is 15.4. The molecule has 5 aromatic rings. The summed E-state index contributed by atoms with van der Waals surface area (Å²) in [4.78, 5) is 0. The molecule has 0 aliphatic carbocycles. The van der Waals surface area contributed by atoms with Crippen molar-refractivity contribution in [3.63, 3.8) is 0 Å². The molecule has 0 saturated heterocycles. The number of nitrogens with zero attached hydrogens (tertiary/aromatic N) is 6. The Bertz CT molecular complexity index is 1230. The Morgan fingerprint density at radius 1 is 0.594 bits per heavy atom. The number of aryl methyl sites for hydroxylation is 2. The minimum Gasteiger partial charge on any atom is -0.247 e. The Morgan fingerprint density at radius 2 is 1.00 bits per heavy atom. The zero-order valence-corrected chi connectivity index (χ0v) is 18.2. The summed E-state index contributed by atoms with van der Waals surface area (Å²) in [5.74, 6) is 0. The van der Waals surface area contributed by atoms with Crippen LogP contribution in [-0.2, 0) is 13.1 Å². The zero-order chi connectivity index (χ0) is 21.9. The van der Waals surface area contributed by atoms with Crippen LogP contribution in [-0.4, -0.2) is 30.0 Å². The summed E-state index contributed by atoms with van der Waals surface area (Å²) in [5.41, 5.74) is 8.48. The molecule has 3 aromatic carbocycles. The highest BCUT2D eigenvalue weighted by Gasteiger charge is 2.16. The second kappa shape index (κ2) is 8.59. The summed E-state index contributed by atoms with van der Waals surface area (Å²) in [5, 5.41) is 17.7. The van der Waals surface area contributed by atoms with E-state index in [0.717, 1.165) is 22.5 Å². The van der Waals surface area contributed by atoms with Gasteiger partial charge < -0.3 is 0 Å². The number of benzene rings is 3. The molecule has 0 aliphatic heterocycles. The average molecular weight is 421 g/mol. The number of aromatic nitrogens is 6. The van der Waals surface area contributed by atoms with Gasteiger partial charge in [-0.2, -0.15) is 0 Å². The third kappa shape index (κ3) is 4.21. The van der Waals surface area contributed by atoms with E-state index in [2.05, 4.69) is 70.9 Å². The third-order valence-corrected chi connectivity index (χ3v) is 5.64. The fraction of sp³-hybridized carbons (Fsp3) is 0.154. The summed E-state index contributed by atoms with van der Waals surface area (Å²) >= 11 is 0. The average Bonchev–Trinajstić information content (AvgIpc) is 3.47. The first-order valence-electron chi connectivity index (χ1n) is 10.7.